The summed E-state index contributed by atoms with van der Waals surface area (Å²) < 4.78 is 17.6. The maximum atomic E-state index is 13.2. The Bertz CT molecular complexity index is 509. The lowest BCUT2D eigenvalue weighted by atomic mass is 10.1. The number of hydrogen-bond acceptors (Lipinski definition) is 4. The Hall–Kier alpha value is -2.40. The first-order valence-corrected chi connectivity index (χ1v) is 4.66. The van der Waals surface area contributed by atoms with Crippen LogP contribution in [0.25, 0.3) is 5.53 Å². The highest BCUT2D eigenvalue weighted by molar-refractivity contribution is 6.65. The predicted molar refractivity (Wildman–Crippen MR) is 53.8 cm³/mol. The number of hydrogen-bond donors (Lipinski definition) is 0. The Morgan fingerprint density at radius 3 is 2.82 bits per heavy atom. The molecule has 0 radical (unpaired) electrons. The highest BCUT2D eigenvalue weighted by atomic mass is 19.1. The van der Waals surface area contributed by atoms with Gasteiger partial charge in [0.2, 0.25) is 5.95 Å². The average Bonchev–Trinajstić information content (AvgIpc) is 2.30. The van der Waals surface area contributed by atoms with Crippen LogP contribution in [-0.2, 0) is 9.53 Å². The zero-order chi connectivity index (χ0) is 12.8. The Labute approximate surface area is 95.7 Å². The van der Waals surface area contributed by atoms with E-state index < -0.39 is 29.0 Å². The Morgan fingerprint density at radius 2 is 2.29 bits per heavy atom. The van der Waals surface area contributed by atoms with E-state index in [9.17, 15) is 14.0 Å². The van der Waals surface area contributed by atoms with Crippen molar-refractivity contribution in [1.82, 2.24) is 4.98 Å². The molecule has 0 aromatic carbocycles. The molecule has 0 bridgehead atoms. The number of ether oxygens (including phenoxy) is 1. The van der Waals surface area contributed by atoms with Crippen LogP contribution in [-0.4, -0.2) is 33.8 Å². The van der Waals surface area contributed by atoms with E-state index in [1.54, 1.807) is 0 Å². The van der Waals surface area contributed by atoms with Crippen LogP contribution in [0.1, 0.15) is 17.3 Å². The zero-order valence-corrected chi connectivity index (χ0v) is 8.88. The van der Waals surface area contributed by atoms with Gasteiger partial charge in [0.25, 0.3) is 5.78 Å². The van der Waals surface area contributed by atoms with E-state index in [-0.39, 0.29) is 6.61 Å². The molecular formula is C10H8FN3O3. The van der Waals surface area contributed by atoms with Gasteiger partial charge in [-0.05, 0) is 19.1 Å². The largest absolute Gasteiger partial charge is 0.457 e. The van der Waals surface area contributed by atoms with Crippen molar-refractivity contribution >= 4 is 17.5 Å². The topological polar surface area (TPSA) is 92.7 Å². The molecule has 1 rings (SSSR count). The standard InChI is InChI=1S/C10H8FN3O3/c1-2-17-10(16)7(14-12)8(15)6-4-3-5-13-9(6)11/h3-5H,2H2,1H3. The summed E-state index contributed by atoms with van der Waals surface area (Å²) in [7, 11) is 0. The molecule has 0 atom stereocenters. The minimum atomic E-state index is -1.12. The lowest BCUT2D eigenvalue weighted by Crippen LogP contribution is -2.28. The van der Waals surface area contributed by atoms with Gasteiger partial charge < -0.3 is 10.3 Å². The lowest BCUT2D eigenvalue weighted by Gasteiger charge is -1.98. The average molecular weight is 237 g/mol. The summed E-state index contributed by atoms with van der Waals surface area (Å²) in [5.74, 6) is -3.26. The first kappa shape index (κ1) is 12.7. The van der Waals surface area contributed by atoms with Gasteiger partial charge >= 0.3 is 11.7 Å². The van der Waals surface area contributed by atoms with Crippen LogP contribution in [0.2, 0.25) is 0 Å². The third-order valence-corrected chi connectivity index (χ3v) is 1.79. The summed E-state index contributed by atoms with van der Waals surface area (Å²) in [6.45, 7) is 1.52. The van der Waals surface area contributed by atoms with Crippen molar-refractivity contribution in [2.45, 2.75) is 6.92 Å². The van der Waals surface area contributed by atoms with E-state index in [0.717, 1.165) is 12.3 Å². The summed E-state index contributed by atoms with van der Waals surface area (Å²) in [6.07, 6.45) is 1.15. The maximum absolute atomic E-state index is 13.2. The van der Waals surface area contributed by atoms with E-state index in [4.69, 9.17) is 5.53 Å². The first-order valence-electron chi connectivity index (χ1n) is 4.66. The summed E-state index contributed by atoms with van der Waals surface area (Å²) in [5.41, 5.74) is 7.21. The number of halogens is 1. The quantitative estimate of drug-likeness (QED) is 0.146. The molecule has 17 heavy (non-hydrogen) atoms. The SMILES string of the molecule is CCOC(=O)C(=[N+]=[N-])C(=O)c1cccnc1F. The molecule has 0 saturated heterocycles. The van der Waals surface area contributed by atoms with Crippen molar-refractivity contribution in [3.63, 3.8) is 0 Å². The molecule has 0 aliphatic heterocycles. The second-order valence-corrected chi connectivity index (χ2v) is 2.84. The maximum Gasteiger partial charge on any atom is 0.446 e. The summed E-state index contributed by atoms with van der Waals surface area (Å²) in [4.78, 5) is 28.6. The van der Waals surface area contributed by atoms with Crippen LogP contribution in [0.5, 0.6) is 0 Å². The number of carbonyl (C=O) groups is 2. The van der Waals surface area contributed by atoms with Crippen LogP contribution in [0.15, 0.2) is 18.3 Å². The summed E-state index contributed by atoms with van der Waals surface area (Å²) in [5, 5.41) is 0. The number of Topliss-reactive ketones (excluding diaryl/α,β-unsaturated/α-hetero) is 1. The first-order chi connectivity index (χ1) is 8.11. The van der Waals surface area contributed by atoms with Crippen molar-refractivity contribution in [2.24, 2.45) is 0 Å². The van der Waals surface area contributed by atoms with E-state index in [1.807, 2.05) is 0 Å². The van der Waals surface area contributed by atoms with E-state index in [1.165, 1.54) is 13.0 Å². The second kappa shape index (κ2) is 5.62. The molecule has 0 spiro atoms. The predicted octanol–water partition coefficient (Wildman–Crippen LogP) is 0.637. The molecule has 1 aromatic rings. The van der Waals surface area contributed by atoms with Gasteiger partial charge in [-0.25, -0.2) is 9.78 Å². The van der Waals surface area contributed by atoms with Crippen molar-refractivity contribution in [1.29, 1.82) is 0 Å². The number of rotatable bonds is 4. The minimum absolute atomic E-state index is 0.000650. The zero-order valence-electron chi connectivity index (χ0n) is 8.88. The van der Waals surface area contributed by atoms with Crippen LogP contribution in [0.3, 0.4) is 0 Å². The number of nitrogens with zero attached hydrogens (tertiary/aromatic N) is 3. The van der Waals surface area contributed by atoms with E-state index >= 15 is 0 Å². The fourth-order valence-electron chi connectivity index (χ4n) is 1.06. The Morgan fingerprint density at radius 1 is 1.59 bits per heavy atom. The molecule has 0 amide bonds. The highest BCUT2D eigenvalue weighted by Gasteiger charge is 2.34. The van der Waals surface area contributed by atoms with Crippen molar-refractivity contribution in [3.8, 4) is 0 Å². The smallest absolute Gasteiger partial charge is 0.446 e. The third kappa shape index (κ3) is 2.79. The summed E-state index contributed by atoms with van der Waals surface area (Å²) in [6, 6.07) is 2.44. The molecule has 6 nitrogen and oxygen atoms in total. The van der Waals surface area contributed by atoms with Gasteiger partial charge in [0.15, 0.2) is 0 Å². The monoisotopic (exact) mass is 237 g/mol. The Kier molecular flexibility index (Phi) is 4.19. The number of aromatic nitrogens is 1. The minimum Gasteiger partial charge on any atom is -0.457 e. The van der Waals surface area contributed by atoms with Gasteiger partial charge in [-0.1, -0.05) is 0 Å². The molecule has 1 aromatic heterocycles. The van der Waals surface area contributed by atoms with Crippen LogP contribution in [0, 0.1) is 5.95 Å². The second-order valence-electron chi connectivity index (χ2n) is 2.84. The van der Waals surface area contributed by atoms with Gasteiger partial charge in [-0.15, -0.1) is 0 Å². The Balaban J connectivity index is 3.08. The van der Waals surface area contributed by atoms with Gasteiger partial charge in [0.1, 0.15) is 0 Å². The van der Waals surface area contributed by atoms with Crippen LogP contribution >= 0.6 is 0 Å². The number of esters is 1. The molecule has 7 heteroatoms. The van der Waals surface area contributed by atoms with Crippen molar-refractivity contribution in [3.05, 3.63) is 35.4 Å². The van der Waals surface area contributed by atoms with Crippen molar-refractivity contribution in [2.75, 3.05) is 6.61 Å². The highest BCUT2D eigenvalue weighted by Crippen LogP contribution is 2.05. The molecular weight excluding hydrogens is 229 g/mol. The normalized spacial score (nSPS) is 9.29. The fraction of sp³-hybridized carbons (Fsp3) is 0.200. The van der Waals surface area contributed by atoms with E-state index in [2.05, 4.69) is 14.5 Å². The molecule has 88 valence electrons. The fourth-order valence-corrected chi connectivity index (χ4v) is 1.06. The molecule has 0 saturated carbocycles. The molecule has 0 fully saturated rings. The van der Waals surface area contributed by atoms with Crippen LogP contribution < -0.4 is 0 Å². The number of ketones is 1. The van der Waals surface area contributed by atoms with Gasteiger partial charge in [0.05, 0.1) is 12.2 Å². The number of carbonyl (C=O) groups excluding carboxylic acids is 2. The number of pyridine rings is 1. The van der Waals surface area contributed by atoms with Gasteiger partial charge in [-0.2, -0.15) is 9.18 Å². The molecule has 0 aliphatic carbocycles. The summed E-state index contributed by atoms with van der Waals surface area (Å²) >= 11 is 0. The van der Waals surface area contributed by atoms with Gasteiger partial charge in [0, 0.05) is 6.20 Å². The molecule has 0 aliphatic rings. The van der Waals surface area contributed by atoms with E-state index in [0.29, 0.717) is 0 Å². The van der Waals surface area contributed by atoms with Crippen molar-refractivity contribution < 1.29 is 23.5 Å². The third-order valence-electron chi connectivity index (χ3n) is 1.79. The molecule has 1 heterocycles. The van der Waals surface area contributed by atoms with Gasteiger partial charge in [-0.3, -0.25) is 4.79 Å². The lowest BCUT2D eigenvalue weighted by molar-refractivity contribution is -0.139. The van der Waals surface area contributed by atoms with Crippen LogP contribution in [0.4, 0.5) is 4.39 Å². The molecule has 0 unspecified atom stereocenters. The molecule has 0 N–H and O–H groups in total.